The summed E-state index contributed by atoms with van der Waals surface area (Å²) in [6.45, 7) is 4.70. The molecule has 2 N–H and O–H groups in total. The Hall–Kier alpha value is -2.73. The van der Waals surface area contributed by atoms with E-state index >= 15 is 0 Å². The molecule has 1 aliphatic carbocycles. The number of aryl methyl sites for hydroxylation is 2. The third-order valence-corrected chi connectivity index (χ3v) is 4.81. The molecular formula is C22H26FN3O2. The molecule has 1 fully saturated rings. The van der Waals surface area contributed by atoms with Crippen LogP contribution in [-0.2, 0) is 9.59 Å². The minimum Gasteiger partial charge on any atom is -0.326 e. The molecule has 1 aliphatic rings. The van der Waals surface area contributed by atoms with E-state index in [2.05, 4.69) is 10.6 Å². The van der Waals surface area contributed by atoms with Gasteiger partial charge in [0.15, 0.2) is 0 Å². The number of benzene rings is 2. The average Bonchev–Trinajstić information content (AvgIpc) is 3.47. The van der Waals surface area contributed by atoms with Gasteiger partial charge in [-0.3, -0.25) is 14.5 Å². The Kier molecular flexibility index (Phi) is 6.41. The molecular weight excluding hydrogens is 357 g/mol. The van der Waals surface area contributed by atoms with Crippen LogP contribution in [0.1, 0.15) is 30.4 Å². The van der Waals surface area contributed by atoms with E-state index in [-0.39, 0.29) is 30.6 Å². The SMILES string of the molecule is Cc1ccc(C)c(NC(=O)CN(CCC(=O)Nc2cccc(F)c2)C2CC2)c1. The van der Waals surface area contributed by atoms with Gasteiger partial charge in [-0.2, -0.15) is 0 Å². The van der Waals surface area contributed by atoms with Crippen molar-refractivity contribution in [3.63, 3.8) is 0 Å². The second-order valence-electron chi connectivity index (χ2n) is 7.38. The number of nitrogens with zero attached hydrogens (tertiary/aromatic N) is 1. The van der Waals surface area contributed by atoms with Gasteiger partial charge in [-0.15, -0.1) is 0 Å². The Balaban J connectivity index is 1.51. The van der Waals surface area contributed by atoms with Gasteiger partial charge in [0.05, 0.1) is 6.54 Å². The smallest absolute Gasteiger partial charge is 0.238 e. The molecule has 6 heteroatoms. The maximum Gasteiger partial charge on any atom is 0.238 e. The van der Waals surface area contributed by atoms with E-state index in [9.17, 15) is 14.0 Å². The molecule has 0 spiro atoms. The minimum absolute atomic E-state index is 0.0776. The number of carbonyl (C=O) groups is 2. The molecule has 0 bridgehead atoms. The van der Waals surface area contributed by atoms with Crippen molar-refractivity contribution < 1.29 is 14.0 Å². The van der Waals surface area contributed by atoms with Crippen molar-refractivity contribution in [3.8, 4) is 0 Å². The molecule has 2 aromatic rings. The zero-order chi connectivity index (χ0) is 20.1. The zero-order valence-electron chi connectivity index (χ0n) is 16.3. The van der Waals surface area contributed by atoms with Crippen LogP contribution in [0.25, 0.3) is 0 Å². The predicted octanol–water partition coefficient (Wildman–Crippen LogP) is 3.87. The molecule has 0 aromatic heterocycles. The summed E-state index contributed by atoms with van der Waals surface area (Å²) in [7, 11) is 0. The van der Waals surface area contributed by atoms with Gasteiger partial charge < -0.3 is 10.6 Å². The van der Waals surface area contributed by atoms with E-state index in [1.165, 1.54) is 12.1 Å². The van der Waals surface area contributed by atoms with Crippen molar-refractivity contribution in [1.29, 1.82) is 0 Å². The summed E-state index contributed by atoms with van der Waals surface area (Å²) in [6.07, 6.45) is 2.34. The van der Waals surface area contributed by atoms with Crippen LogP contribution in [0.4, 0.5) is 15.8 Å². The van der Waals surface area contributed by atoms with Gasteiger partial charge in [0.25, 0.3) is 0 Å². The van der Waals surface area contributed by atoms with Crippen LogP contribution in [0, 0.1) is 19.7 Å². The standard InChI is InChI=1S/C22H26FN3O2/c1-15-6-7-16(2)20(12-15)25-22(28)14-26(19-8-9-19)11-10-21(27)24-18-5-3-4-17(23)13-18/h3-7,12-13,19H,8-11,14H2,1-2H3,(H,24,27)(H,25,28). The van der Waals surface area contributed by atoms with Crippen LogP contribution in [-0.4, -0.2) is 35.8 Å². The van der Waals surface area contributed by atoms with E-state index in [4.69, 9.17) is 0 Å². The molecule has 1 saturated carbocycles. The first-order chi connectivity index (χ1) is 13.4. The summed E-state index contributed by atoms with van der Waals surface area (Å²) >= 11 is 0. The largest absolute Gasteiger partial charge is 0.326 e. The Labute approximate surface area is 164 Å². The number of carbonyl (C=O) groups excluding carboxylic acids is 2. The topological polar surface area (TPSA) is 61.4 Å². The summed E-state index contributed by atoms with van der Waals surface area (Å²) in [5.41, 5.74) is 3.38. The number of hydrogen-bond donors (Lipinski definition) is 2. The summed E-state index contributed by atoms with van der Waals surface area (Å²) < 4.78 is 13.2. The van der Waals surface area contributed by atoms with Gasteiger partial charge in [-0.25, -0.2) is 4.39 Å². The van der Waals surface area contributed by atoms with Crippen molar-refractivity contribution >= 4 is 23.2 Å². The van der Waals surface area contributed by atoms with Crippen molar-refractivity contribution in [3.05, 3.63) is 59.4 Å². The van der Waals surface area contributed by atoms with Crippen LogP contribution >= 0.6 is 0 Å². The van der Waals surface area contributed by atoms with Crippen LogP contribution in [0.5, 0.6) is 0 Å². The molecule has 0 radical (unpaired) electrons. The zero-order valence-corrected chi connectivity index (χ0v) is 16.3. The quantitative estimate of drug-likeness (QED) is 0.727. The second-order valence-corrected chi connectivity index (χ2v) is 7.38. The van der Waals surface area contributed by atoms with E-state index in [1.54, 1.807) is 12.1 Å². The molecule has 2 aromatic carbocycles. The fourth-order valence-corrected chi connectivity index (χ4v) is 3.11. The molecule has 0 atom stereocenters. The normalized spacial score (nSPS) is 13.4. The first kappa shape index (κ1) is 20.0. The number of hydrogen-bond acceptors (Lipinski definition) is 3. The van der Waals surface area contributed by atoms with Crippen LogP contribution in [0.2, 0.25) is 0 Å². The number of nitrogens with one attached hydrogen (secondary N) is 2. The van der Waals surface area contributed by atoms with Crippen molar-refractivity contribution in [1.82, 2.24) is 4.90 Å². The lowest BCUT2D eigenvalue weighted by atomic mass is 10.1. The van der Waals surface area contributed by atoms with Crippen molar-refractivity contribution in [2.75, 3.05) is 23.7 Å². The molecule has 0 saturated heterocycles. The third-order valence-electron chi connectivity index (χ3n) is 4.81. The van der Waals surface area contributed by atoms with Crippen molar-refractivity contribution in [2.24, 2.45) is 0 Å². The predicted molar refractivity (Wildman–Crippen MR) is 109 cm³/mol. The third kappa shape index (κ3) is 5.89. The fraction of sp³-hybridized carbons (Fsp3) is 0.364. The van der Waals surface area contributed by atoms with E-state index < -0.39 is 0 Å². The second kappa shape index (κ2) is 8.97. The average molecular weight is 383 g/mol. The molecule has 2 amide bonds. The highest BCUT2D eigenvalue weighted by Gasteiger charge is 2.30. The van der Waals surface area contributed by atoms with Crippen LogP contribution in [0.3, 0.4) is 0 Å². The molecule has 3 rings (SSSR count). The Morgan fingerprint density at radius 3 is 2.57 bits per heavy atom. The molecule has 0 aliphatic heterocycles. The first-order valence-corrected chi connectivity index (χ1v) is 9.57. The summed E-state index contributed by atoms with van der Waals surface area (Å²) in [6, 6.07) is 12.1. The Bertz CT molecular complexity index is 865. The lowest BCUT2D eigenvalue weighted by molar-refractivity contribution is -0.119. The van der Waals surface area contributed by atoms with E-state index in [1.807, 2.05) is 36.9 Å². The monoisotopic (exact) mass is 383 g/mol. The van der Waals surface area contributed by atoms with E-state index in [0.29, 0.717) is 18.3 Å². The number of halogens is 1. The number of amides is 2. The fourth-order valence-electron chi connectivity index (χ4n) is 3.11. The Morgan fingerprint density at radius 1 is 1.07 bits per heavy atom. The van der Waals surface area contributed by atoms with Crippen LogP contribution < -0.4 is 10.6 Å². The highest BCUT2D eigenvalue weighted by atomic mass is 19.1. The number of rotatable bonds is 8. The van der Waals surface area contributed by atoms with Gasteiger partial charge in [0.2, 0.25) is 11.8 Å². The summed E-state index contributed by atoms with van der Waals surface area (Å²) in [5.74, 6) is -0.655. The summed E-state index contributed by atoms with van der Waals surface area (Å²) in [4.78, 5) is 26.7. The van der Waals surface area contributed by atoms with Gasteiger partial charge >= 0.3 is 0 Å². The van der Waals surface area contributed by atoms with E-state index in [0.717, 1.165) is 29.7 Å². The molecule has 0 unspecified atom stereocenters. The lowest BCUT2D eigenvalue weighted by Gasteiger charge is -2.21. The first-order valence-electron chi connectivity index (χ1n) is 9.57. The maximum atomic E-state index is 13.2. The van der Waals surface area contributed by atoms with Crippen LogP contribution in [0.15, 0.2) is 42.5 Å². The molecule has 0 heterocycles. The Morgan fingerprint density at radius 2 is 1.86 bits per heavy atom. The van der Waals surface area contributed by atoms with Gasteiger partial charge in [-0.05, 0) is 62.1 Å². The van der Waals surface area contributed by atoms with Gasteiger partial charge in [-0.1, -0.05) is 18.2 Å². The highest BCUT2D eigenvalue weighted by molar-refractivity contribution is 5.93. The summed E-state index contributed by atoms with van der Waals surface area (Å²) in [5, 5.41) is 5.67. The lowest BCUT2D eigenvalue weighted by Crippen LogP contribution is -2.37. The number of anilines is 2. The molecule has 5 nitrogen and oxygen atoms in total. The van der Waals surface area contributed by atoms with Gasteiger partial charge in [0.1, 0.15) is 5.82 Å². The minimum atomic E-state index is -0.388. The molecule has 28 heavy (non-hydrogen) atoms. The van der Waals surface area contributed by atoms with Crippen molar-refractivity contribution in [2.45, 2.75) is 39.2 Å². The van der Waals surface area contributed by atoms with Gasteiger partial charge in [0, 0.05) is 30.4 Å². The molecule has 148 valence electrons. The highest BCUT2D eigenvalue weighted by Crippen LogP contribution is 2.27. The maximum absolute atomic E-state index is 13.2.